The van der Waals surface area contributed by atoms with Crippen LogP contribution in [0.3, 0.4) is 0 Å². The Morgan fingerprint density at radius 3 is 2.62 bits per heavy atom. The molecule has 0 atom stereocenters. The van der Waals surface area contributed by atoms with Gasteiger partial charge in [0, 0.05) is 13.1 Å². The number of carbonyl (C=O) groups is 1. The Morgan fingerprint density at radius 1 is 1.29 bits per heavy atom. The van der Waals surface area contributed by atoms with E-state index in [-0.39, 0.29) is 11.7 Å². The van der Waals surface area contributed by atoms with Crippen LogP contribution in [0.25, 0.3) is 0 Å². The summed E-state index contributed by atoms with van der Waals surface area (Å²) in [5.41, 5.74) is 2.62. The van der Waals surface area contributed by atoms with Gasteiger partial charge in [0.2, 0.25) is 0 Å². The van der Waals surface area contributed by atoms with Gasteiger partial charge in [0.15, 0.2) is 0 Å². The molecule has 0 fully saturated rings. The summed E-state index contributed by atoms with van der Waals surface area (Å²) in [5.74, 6) is 0.157. The van der Waals surface area contributed by atoms with Crippen molar-refractivity contribution in [3.05, 3.63) is 47.3 Å². The standard InChI is InChI=1S/C16H21N3O2/c1-3-13-11-15(19(4-2)18-13)16(21)17-10-9-12-5-7-14(20)8-6-12/h5-8,11,20H,3-4,9-10H2,1-2H3,(H,17,21). The zero-order chi connectivity index (χ0) is 15.2. The molecular weight excluding hydrogens is 266 g/mol. The monoisotopic (exact) mass is 287 g/mol. The van der Waals surface area contributed by atoms with Crippen LogP contribution >= 0.6 is 0 Å². The fourth-order valence-electron chi connectivity index (χ4n) is 2.14. The molecule has 0 radical (unpaired) electrons. The average Bonchev–Trinajstić information content (AvgIpc) is 2.92. The number of nitrogens with zero attached hydrogens (tertiary/aromatic N) is 2. The number of carbonyl (C=O) groups excluding carboxylic acids is 1. The number of hydrogen-bond donors (Lipinski definition) is 2. The van der Waals surface area contributed by atoms with E-state index >= 15 is 0 Å². The minimum Gasteiger partial charge on any atom is -0.508 e. The molecule has 1 amide bonds. The maximum absolute atomic E-state index is 12.2. The molecule has 1 aromatic carbocycles. The molecule has 0 bridgehead atoms. The molecule has 0 spiro atoms. The van der Waals surface area contributed by atoms with Gasteiger partial charge in [-0.15, -0.1) is 0 Å². The van der Waals surface area contributed by atoms with E-state index in [9.17, 15) is 9.90 Å². The Hall–Kier alpha value is -2.30. The van der Waals surface area contributed by atoms with Gasteiger partial charge in [-0.25, -0.2) is 0 Å². The lowest BCUT2D eigenvalue weighted by Crippen LogP contribution is -2.28. The van der Waals surface area contributed by atoms with Gasteiger partial charge in [0.25, 0.3) is 5.91 Å². The molecule has 1 aromatic heterocycles. The number of amides is 1. The SMILES string of the molecule is CCc1cc(C(=O)NCCc2ccc(O)cc2)n(CC)n1. The molecular formula is C16H21N3O2. The van der Waals surface area contributed by atoms with E-state index in [1.165, 1.54) is 0 Å². The van der Waals surface area contributed by atoms with Crippen molar-refractivity contribution < 1.29 is 9.90 Å². The van der Waals surface area contributed by atoms with Crippen molar-refractivity contribution in [2.24, 2.45) is 0 Å². The zero-order valence-corrected chi connectivity index (χ0v) is 12.5. The van der Waals surface area contributed by atoms with Crippen molar-refractivity contribution in [1.82, 2.24) is 15.1 Å². The van der Waals surface area contributed by atoms with E-state index < -0.39 is 0 Å². The van der Waals surface area contributed by atoms with Crippen LogP contribution in [0.1, 0.15) is 35.6 Å². The summed E-state index contributed by atoms with van der Waals surface area (Å²) in [6.45, 7) is 5.23. The average molecular weight is 287 g/mol. The second-order valence-electron chi connectivity index (χ2n) is 4.86. The highest BCUT2D eigenvalue weighted by Gasteiger charge is 2.13. The van der Waals surface area contributed by atoms with E-state index in [1.807, 2.05) is 32.0 Å². The molecule has 0 unspecified atom stereocenters. The Kier molecular flexibility index (Phi) is 4.98. The highest BCUT2D eigenvalue weighted by Crippen LogP contribution is 2.10. The van der Waals surface area contributed by atoms with Crippen LogP contribution in [0.15, 0.2) is 30.3 Å². The Labute approximate surface area is 124 Å². The Balaban J connectivity index is 1.92. The first-order chi connectivity index (χ1) is 10.1. The van der Waals surface area contributed by atoms with Gasteiger partial charge in [0.1, 0.15) is 11.4 Å². The Bertz CT molecular complexity index is 602. The number of aromatic nitrogens is 2. The van der Waals surface area contributed by atoms with Crippen molar-refractivity contribution in [2.45, 2.75) is 33.2 Å². The summed E-state index contributed by atoms with van der Waals surface area (Å²) in [4.78, 5) is 12.2. The maximum atomic E-state index is 12.2. The van der Waals surface area contributed by atoms with Gasteiger partial charge in [-0.2, -0.15) is 5.10 Å². The first-order valence-electron chi connectivity index (χ1n) is 7.26. The first kappa shape index (κ1) is 15.1. The van der Waals surface area contributed by atoms with E-state index in [4.69, 9.17) is 0 Å². The zero-order valence-electron chi connectivity index (χ0n) is 12.5. The van der Waals surface area contributed by atoms with Crippen molar-refractivity contribution in [3.63, 3.8) is 0 Å². The number of rotatable bonds is 6. The summed E-state index contributed by atoms with van der Waals surface area (Å²) in [6, 6.07) is 8.85. The van der Waals surface area contributed by atoms with E-state index in [1.54, 1.807) is 16.8 Å². The van der Waals surface area contributed by atoms with Crippen LogP contribution in [-0.4, -0.2) is 27.3 Å². The lowest BCUT2D eigenvalue weighted by Gasteiger charge is -2.07. The number of phenols is 1. The van der Waals surface area contributed by atoms with Crippen LogP contribution in [0, 0.1) is 0 Å². The predicted molar refractivity (Wildman–Crippen MR) is 81.4 cm³/mol. The van der Waals surface area contributed by atoms with Crippen LogP contribution < -0.4 is 5.32 Å². The van der Waals surface area contributed by atoms with Crippen LogP contribution in [0.4, 0.5) is 0 Å². The third kappa shape index (κ3) is 3.84. The maximum Gasteiger partial charge on any atom is 0.269 e. The molecule has 2 N–H and O–H groups in total. The molecule has 5 heteroatoms. The minimum atomic E-state index is -0.0946. The van der Waals surface area contributed by atoms with Crippen LogP contribution in [0.5, 0.6) is 5.75 Å². The number of hydrogen-bond acceptors (Lipinski definition) is 3. The number of aromatic hydroxyl groups is 1. The lowest BCUT2D eigenvalue weighted by molar-refractivity contribution is 0.0943. The lowest BCUT2D eigenvalue weighted by atomic mass is 10.1. The smallest absolute Gasteiger partial charge is 0.269 e. The molecule has 112 valence electrons. The van der Waals surface area contributed by atoms with Crippen molar-refractivity contribution >= 4 is 5.91 Å². The third-order valence-corrected chi connectivity index (χ3v) is 3.36. The summed E-state index contributed by atoms with van der Waals surface area (Å²) < 4.78 is 1.73. The molecule has 5 nitrogen and oxygen atoms in total. The summed E-state index contributed by atoms with van der Waals surface area (Å²) in [5, 5.41) is 16.5. The van der Waals surface area contributed by atoms with Crippen LogP contribution in [0.2, 0.25) is 0 Å². The quantitative estimate of drug-likeness (QED) is 0.855. The second-order valence-corrected chi connectivity index (χ2v) is 4.86. The molecule has 21 heavy (non-hydrogen) atoms. The molecule has 1 heterocycles. The molecule has 0 aliphatic heterocycles. The molecule has 2 aromatic rings. The van der Waals surface area contributed by atoms with Crippen molar-refractivity contribution in [2.75, 3.05) is 6.54 Å². The minimum absolute atomic E-state index is 0.0946. The molecule has 0 aliphatic carbocycles. The topological polar surface area (TPSA) is 67.2 Å². The van der Waals surface area contributed by atoms with E-state index in [2.05, 4.69) is 10.4 Å². The summed E-state index contributed by atoms with van der Waals surface area (Å²) >= 11 is 0. The molecule has 0 aliphatic rings. The first-order valence-corrected chi connectivity index (χ1v) is 7.26. The van der Waals surface area contributed by atoms with Gasteiger partial charge in [-0.3, -0.25) is 9.48 Å². The molecule has 2 rings (SSSR count). The van der Waals surface area contributed by atoms with Crippen LogP contribution in [-0.2, 0) is 19.4 Å². The van der Waals surface area contributed by atoms with Gasteiger partial charge in [0.05, 0.1) is 5.69 Å². The largest absolute Gasteiger partial charge is 0.508 e. The third-order valence-electron chi connectivity index (χ3n) is 3.36. The van der Waals surface area contributed by atoms with E-state index in [0.717, 1.165) is 24.1 Å². The predicted octanol–water partition coefficient (Wildman–Crippen LogP) is 2.14. The van der Waals surface area contributed by atoms with Gasteiger partial charge < -0.3 is 10.4 Å². The van der Waals surface area contributed by atoms with Crippen molar-refractivity contribution in [3.8, 4) is 5.75 Å². The van der Waals surface area contributed by atoms with Gasteiger partial charge >= 0.3 is 0 Å². The fourth-order valence-corrected chi connectivity index (χ4v) is 2.14. The number of aryl methyl sites for hydroxylation is 2. The van der Waals surface area contributed by atoms with Gasteiger partial charge in [-0.05, 0) is 43.5 Å². The second kappa shape index (κ2) is 6.92. The van der Waals surface area contributed by atoms with Crippen molar-refractivity contribution in [1.29, 1.82) is 0 Å². The number of phenolic OH excluding ortho intramolecular Hbond substituents is 1. The van der Waals surface area contributed by atoms with E-state index in [0.29, 0.717) is 18.8 Å². The Morgan fingerprint density at radius 2 is 2.00 bits per heavy atom. The highest BCUT2D eigenvalue weighted by atomic mass is 16.3. The highest BCUT2D eigenvalue weighted by molar-refractivity contribution is 5.92. The number of nitrogens with one attached hydrogen (secondary N) is 1. The summed E-state index contributed by atoms with van der Waals surface area (Å²) in [6.07, 6.45) is 1.55. The number of benzene rings is 1. The molecule has 0 saturated carbocycles. The molecule has 0 saturated heterocycles. The van der Waals surface area contributed by atoms with Gasteiger partial charge in [-0.1, -0.05) is 19.1 Å². The normalized spacial score (nSPS) is 10.6. The summed E-state index contributed by atoms with van der Waals surface area (Å²) in [7, 11) is 0. The fraction of sp³-hybridized carbons (Fsp3) is 0.375.